The monoisotopic (exact) mass is 220 g/mol. The van der Waals surface area contributed by atoms with Crippen molar-refractivity contribution in [3.05, 3.63) is 35.9 Å². The van der Waals surface area contributed by atoms with Crippen LogP contribution in [0.1, 0.15) is 11.5 Å². The Kier molecular flexibility index (Phi) is 3.93. The van der Waals surface area contributed by atoms with E-state index in [1.54, 1.807) is 7.11 Å². The summed E-state index contributed by atoms with van der Waals surface area (Å²) in [7, 11) is 1.74. The Hall–Kier alpha value is -0.900. The summed E-state index contributed by atoms with van der Waals surface area (Å²) in [6.45, 7) is 3.79. The third kappa shape index (κ3) is 2.61. The highest BCUT2D eigenvalue weighted by atomic mass is 16.5. The number of likely N-dealkylation sites (tertiary alicyclic amines) is 1. The minimum absolute atomic E-state index is 0.249. The van der Waals surface area contributed by atoms with Gasteiger partial charge in [0.25, 0.3) is 0 Å². The van der Waals surface area contributed by atoms with Crippen LogP contribution in [0.15, 0.2) is 30.3 Å². The summed E-state index contributed by atoms with van der Waals surface area (Å²) in [6, 6.07) is 10.8. The van der Waals surface area contributed by atoms with Gasteiger partial charge in [0, 0.05) is 38.7 Å². The molecule has 1 aliphatic rings. The standard InChI is InChI=1S/C13H20N2O/c1-16-8-7-15-9-12(13(14)10-15)11-5-3-2-4-6-11/h2-6,12-13H,7-10,14H2,1H3/t12?,13-/m1/s1. The molecule has 0 saturated carbocycles. The molecule has 1 heterocycles. The number of ether oxygens (including phenoxy) is 1. The maximum absolute atomic E-state index is 6.19. The molecule has 88 valence electrons. The molecule has 1 unspecified atom stereocenters. The van der Waals surface area contributed by atoms with E-state index in [9.17, 15) is 0 Å². The third-order valence-electron chi connectivity index (χ3n) is 3.28. The number of rotatable bonds is 4. The molecule has 0 spiro atoms. The lowest BCUT2D eigenvalue weighted by Gasteiger charge is -2.15. The molecule has 1 saturated heterocycles. The van der Waals surface area contributed by atoms with Crippen LogP contribution >= 0.6 is 0 Å². The molecule has 16 heavy (non-hydrogen) atoms. The molecule has 3 heteroatoms. The van der Waals surface area contributed by atoms with Crippen molar-refractivity contribution >= 4 is 0 Å². The van der Waals surface area contributed by atoms with Gasteiger partial charge in [-0.05, 0) is 5.56 Å². The molecule has 1 aliphatic heterocycles. The van der Waals surface area contributed by atoms with Gasteiger partial charge >= 0.3 is 0 Å². The first-order valence-electron chi connectivity index (χ1n) is 5.83. The van der Waals surface area contributed by atoms with Crippen LogP contribution in [0.3, 0.4) is 0 Å². The van der Waals surface area contributed by atoms with Crippen LogP contribution in [0, 0.1) is 0 Å². The first-order chi connectivity index (χ1) is 7.81. The summed E-state index contributed by atoms with van der Waals surface area (Å²) in [5.41, 5.74) is 7.55. The van der Waals surface area contributed by atoms with Crippen molar-refractivity contribution in [2.24, 2.45) is 5.73 Å². The number of benzene rings is 1. The predicted molar refractivity (Wildman–Crippen MR) is 65.5 cm³/mol. The summed E-state index contributed by atoms with van der Waals surface area (Å²) in [4.78, 5) is 2.38. The Bertz CT molecular complexity index is 315. The maximum atomic E-state index is 6.19. The molecule has 0 radical (unpaired) electrons. The van der Waals surface area contributed by atoms with Crippen LogP contribution in [0.2, 0.25) is 0 Å². The molecule has 2 rings (SSSR count). The van der Waals surface area contributed by atoms with E-state index < -0.39 is 0 Å². The van der Waals surface area contributed by atoms with E-state index in [0.29, 0.717) is 5.92 Å². The largest absolute Gasteiger partial charge is 0.383 e. The van der Waals surface area contributed by atoms with Crippen molar-refractivity contribution < 1.29 is 4.74 Å². The molecule has 3 nitrogen and oxygen atoms in total. The van der Waals surface area contributed by atoms with E-state index in [1.165, 1.54) is 5.56 Å². The number of nitrogens with two attached hydrogens (primary N) is 1. The lowest BCUT2D eigenvalue weighted by atomic mass is 9.95. The van der Waals surface area contributed by atoms with E-state index in [2.05, 4.69) is 29.2 Å². The highest BCUT2D eigenvalue weighted by Gasteiger charge is 2.30. The van der Waals surface area contributed by atoms with Gasteiger partial charge in [0.1, 0.15) is 0 Å². The highest BCUT2D eigenvalue weighted by molar-refractivity contribution is 5.23. The molecule has 0 amide bonds. The molecule has 0 aromatic heterocycles. The van der Waals surface area contributed by atoms with Gasteiger partial charge in [0.05, 0.1) is 6.61 Å². The molecule has 2 N–H and O–H groups in total. The highest BCUT2D eigenvalue weighted by Crippen LogP contribution is 2.25. The second-order valence-corrected chi connectivity index (χ2v) is 4.43. The van der Waals surface area contributed by atoms with Crippen molar-refractivity contribution in [2.75, 3.05) is 33.4 Å². The Labute approximate surface area is 97.2 Å². The predicted octanol–water partition coefficient (Wildman–Crippen LogP) is 1.06. The van der Waals surface area contributed by atoms with Crippen LogP contribution in [0.4, 0.5) is 0 Å². The lowest BCUT2D eigenvalue weighted by Crippen LogP contribution is -2.30. The van der Waals surface area contributed by atoms with Crippen molar-refractivity contribution in [1.29, 1.82) is 0 Å². The van der Waals surface area contributed by atoms with Crippen LogP contribution < -0.4 is 5.73 Å². The minimum Gasteiger partial charge on any atom is -0.383 e. The molecular weight excluding hydrogens is 200 g/mol. The zero-order valence-electron chi connectivity index (χ0n) is 9.80. The van der Waals surface area contributed by atoms with Crippen molar-refractivity contribution in [2.45, 2.75) is 12.0 Å². The van der Waals surface area contributed by atoms with Gasteiger partial charge in [-0.15, -0.1) is 0 Å². The van der Waals surface area contributed by atoms with Gasteiger partial charge in [-0.3, -0.25) is 4.90 Å². The number of hydrogen-bond acceptors (Lipinski definition) is 3. The SMILES string of the molecule is COCCN1CC(c2ccccc2)[C@H](N)C1. The van der Waals surface area contributed by atoms with E-state index in [4.69, 9.17) is 10.5 Å². The normalized spacial score (nSPS) is 26.1. The zero-order valence-corrected chi connectivity index (χ0v) is 9.80. The van der Waals surface area contributed by atoms with E-state index in [0.717, 1.165) is 26.2 Å². The number of hydrogen-bond donors (Lipinski definition) is 1. The van der Waals surface area contributed by atoms with Crippen molar-refractivity contribution in [1.82, 2.24) is 4.90 Å². The van der Waals surface area contributed by atoms with E-state index in [1.807, 2.05) is 6.07 Å². The van der Waals surface area contributed by atoms with E-state index in [-0.39, 0.29) is 6.04 Å². The van der Waals surface area contributed by atoms with Gasteiger partial charge in [-0.25, -0.2) is 0 Å². The van der Waals surface area contributed by atoms with Crippen molar-refractivity contribution in [3.63, 3.8) is 0 Å². The lowest BCUT2D eigenvalue weighted by molar-refractivity contribution is 0.160. The maximum Gasteiger partial charge on any atom is 0.0589 e. The molecule has 2 atom stereocenters. The van der Waals surface area contributed by atoms with Crippen LogP contribution in [0.25, 0.3) is 0 Å². The molecule has 1 aromatic carbocycles. The number of methoxy groups -OCH3 is 1. The molecule has 1 aromatic rings. The molecule has 0 bridgehead atoms. The Morgan fingerprint density at radius 2 is 2.06 bits per heavy atom. The average Bonchev–Trinajstić information content (AvgIpc) is 2.69. The van der Waals surface area contributed by atoms with Gasteiger partial charge in [-0.1, -0.05) is 30.3 Å². The summed E-state index contributed by atoms with van der Waals surface area (Å²) in [5, 5.41) is 0. The Morgan fingerprint density at radius 1 is 1.31 bits per heavy atom. The Balaban J connectivity index is 1.97. The summed E-state index contributed by atoms with van der Waals surface area (Å²) in [6.07, 6.45) is 0. The zero-order chi connectivity index (χ0) is 11.4. The molecular formula is C13H20N2O. The fraction of sp³-hybridized carbons (Fsp3) is 0.538. The topological polar surface area (TPSA) is 38.5 Å². The summed E-state index contributed by atoms with van der Waals surface area (Å²) >= 11 is 0. The fourth-order valence-corrected chi connectivity index (χ4v) is 2.37. The smallest absolute Gasteiger partial charge is 0.0589 e. The van der Waals surface area contributed by atoms with Gasteiger partial charge in [0.2, 0.25) is 0 Å². The molecule has 1 fully saturated rings. The van der Waals surface area contributed by atoms with E-state index >= 15 is 0 Å². The van der Waals surface area contributed by atoms with Crippen LogP contribution in [-0.2, 0) is 4.74 Å². The van der Waals surface area contributed by atoms with Gasteiger partial charge in [-0.2, -0.15) is 0 Å². The van der Waals surface area contributed by atoms with Gasteiger partial charge < -0.3 is 10.5 Å². The quantitative estimate of drug-likeness (QED) is 0.824. The summed E-state index contributed by atoms with van der Waals surface area (Å²) < 4.78 is 5.10. The minimum atomic E-state index is 0.249. The first kappa shape index (κ1) is 11.6. The van der Waals surface area contributed by atoms with Gasteiger partial charge in [0.15, 0.2) is 0 Å². The molecule has 0 aliphatic carbocycles. The van der Waals surface area contributed by atoms with Crippen LogP contribution in [-0.4, -0.2) is 44.3 Å². The Morgan fingerprint density at radius 3 is 2.75 bits per heavy atom. The van der Waals surface area contributed by atoms with Crippen molar-refractivity contribution in [3.8, 4) is 0 Å². The second kappa shape index (κ2) is 5.43. The average molecular weight is 220 g/mol. The third-order valence-corrected chi connectivity index (χ3v) is 3.28. The summed E-state index contributed by atoms with van der Waals surface area (Å²) in [5.74, 6) is 0.470. The second-order valence-electron chi connectivity index (χ2n) is 4.43. The number of nitrogens with zero attached hydrogens (tertiary/aromatic N) is 1. The fourth-order valence-electron chi connectivity index (χ4n) is 2.37. The first-order valence-corrected chi connectivity index (χ1v) is 5.83. The van der Waals surface area contributed by atoms with Crippen LogP contribution in [0.5, 0.6) is 0 Å².